The highest BCUT2D eigenvalue weighted by Gasteiger charge is 2.22. The molecule has 0 radical (unpaired) electrons. The quantitative estimate of drug-likeness (QED) is 0.123. The lowest BCUT2D eigenvalue weighted by molar-refractivity contribution is 1.10. The van der Waals surface area contributed by atoms with Crippen LogP contribution in [0.5, 0.6) is 0 Å². The van der Waals surface area contributed by atoms with E-state index in [1.165, 1.54) is 98.0 Å². The lowest BCUT2D eigenvalue weighted by Gasteiger charge is -2.22. The molecule has 12 aromatic rings. The van der Waals surface area contributed by atoms with Crippen LogP contribution in [-0.2, 0) is 0 Å². The van der Waals surface area contributed by atoms with Crippen LogP contribution in [0.2, 0.25) is 0 Å². The molecule has 0 aliphatic rings. The van der Waals surface area contributed by atoms with Gasteiger partial charge in [0, 0.05) is 5.69 Å². The van der Waals surface area contributed by atoms with Crippen LogP contribution in [0.3, 0.4) is 0 Å². The molecule has 0 fully saturated rings. The maximum atomic E-state index is 2.45. The van der Waals surface area contributed by atoms with Crippen LogP contribution in [0.1, 0.15) is 0 Å². The Labute approximate surface area is 330 Å². The van der Waals surface area contributed by atoms with Crippen molar-refractivity contribution in [2.75, 3.05) is 0 Å². The fourth-order valence-corrected chi connectivity index (χ4v) is 9.76. The second-order valence-corrected chi connectivity index (χ2v) is 15.2. The Hall–Kier alpha value is -7.48. The SMILES string of the molecule is c1ccc(-c2c3ccccc3c(-c3ccc4c5cccc6cccc(c7cccc3c74)c65)c3cc(-n4c(-c5ccccc5)ccc4-c4ccccc4)ccc23)cc1. The van der Waals surface area contributed by atoms with Crippen LogP contribution in [0.25, 0.3) is 115 Å². The molecule has 0 unspecified atom stereocenters. The summed E-state index contributed by atoms with van der Waals surface area (Å²) in [4.78, 5) is 0. The van der Waals surface area contributed by atoms with Crippen molar-refractivity contribution in [2.45, 2.75) is 0 Å². The second kappa shape index (κ2) is 12.5. The van der Waals surface area contributed by atoms with Gasteiger partial charge in [0.1, 0.15) is 0 Å². The molecule has 1 nitrogen and oxygen atoms in total. The normalized spacial score (nSPS) is 11.9. The average Bonchev–Trinajstić information content (AvgIpc) is 3.73. The Bertz CT molecular complexity index is 3380. The fraction of sp³-hybridized carbons (Fsp3) is 0. The van der Waals surface area contributed by atoms with Gasteiger partial charge in [0.05, 0.1) is 11.4 Å². The summed E-state index contributed by atoms with van der Waals surface area (Å²) in [5, 5.41) is 15.4. The van der Waals surface area contributed by atoms with Gasteiger partial charge in [-0.2, -0.15) is 0 Å². The van der Waals surface area contributed by atoms with Gasteiger partial charge in [-0.05, 0) is 122 Å². The lowest BCUT2D eigenvalue weighted by atomic mass is 9.82. The third kappa shape index (κ3) is 4.76. The molecule has 0 N–H and O–H groups in total. The first-order chi connectivity index (χ1) is 28.3. The minimum Gasteiger partial charge on any atom is -0.309 e. The Morgan fingerprint density at radius 2 is 0.719 bits per heavy atom. The van der Waals surface area contributed by atoms with Crippen LogP contribution in [0, 0.1) is 0 Å². The predicted octanol–water partition coefficient (Wildman–Crippen LogP) is 15.5. The summed E-state index contributed by atoms with van der Waals surface area (Å²) in [6.07, 6.45) is 0. The molecule has 1 heterocycles. The van der Waals surface area contributed by atoms with Crippen LogP contribution >= 0.6 is 0 Å². The van der Waals surface area contributed by atoms with Crippen LogP contribution < -0.4 is 0 Å². The van der Waals surface area contributed by atoms with Crippen molar-refractivity contribution in [3.05, 3.63) is 212 Å². The van der Waals surface area contributed by atoms with Crippen molar-refractivity contribution >= 4 is 64.6 Å². The monoisotopic (exact) mass is 721 g/mol. The van der Waals surface area contributed by atoms with Crippen molar-refractivity contribution in [1.29, 1.82) is 0 Å². The molecule has 1 heteroatoms. The van der Waals surface area contributed by atoms with Gasteiger partial charge in [0.25, 0.3) is 0 Å². The molecule has 0 saturated carbocycles. The van der Waals surface area contributed by atoms with E-state index in [-0.39, 0.29) is 0 Å². The van der Waals surface area contributed by atoms with Gasteiger partial charge < -0.3 is 4.57 Å². The average molecular weight is 722 g/mol. The van der Waals surface area contributed by atoms with E-state index in [9.17, 15) is 0 Å². The Morgan fingerprint density at radius 1 is 0.263 bits per heavy atom. The van der Waals surface area contributed by atoms with Gasteiger partial charge in [-0.1, -0.05) is 188 Å². The van der Waals surface area contributed by atoms with E-state index in [0.717, 1.165) is 17.1 Å². The van der Waals surface area contributed by atoms with E-state index < -0.39 is 0 Å². The van der Waals surface area contributed by atoms with Crippen LogP contribution in [0.4, 0.5) is 0 Å². The topological polar surface area (TPSA) is 4.93 Å². The minimum absolute atomic E-state index is 1.13. The van der Waals surface area contributed by atoms with E-state index in [0.29, 0.717) is 0 Å². The number of rotatable bonds is 5. The first kappa shape index (κ1) is 31.8. The van der Waals surface area contributed by atoms with Gasteiger partial charge in [-0.3, -0.25) is 0 Å². The highest BCUT2D eigenvalue weighted by Crippen LogP contribution is 2.49. The van der Waals surface area contributed by atoms with Crippen LogP contribution in [-0.4, -0.2) is 4.57 Å². The van der Waals surface area contributed by atoms with Gasteiger partial charge in [-0.25, -0.2) is 0 Å². The van der Waals surface area contributed by atoms with Crippen molar-refractivity contribution in [1.82, 2.24) is 4.57 Å². The molecule has 0 spiro atoms. The van der Waals surface area contributed by atoms with Gasteiger partial charge in [0.2, 0.25) is 0 Å². The molecule has 0 bridgehead atoms. The number of hydrogen-bond donors (Lipinski definition) is 0. The molecule has 1 aromatic heterocycles. The molecule has 57 heavy (non-hydrogen) atoms. The number of hydrogen-bond acceptors (Lipinski definition) is 0. The molecule has 0 saturated heterocycles. The molecule has 12 rings (SSSR count). The Morgan fingerprint density at radius 3 is 1.35 bits per heavy atom. The summed E-state index contributed by atoms with van der Waals surface area (Å²) in [5.74, 6) is 0. The zero-order valence-electron chi connectivity index (χ0n) is 31.2. The smallest absolute Gasteiger partial charge is 0.0535 e. The highest BCUT2D eigenvalue weighted by molar-refractivity contribution is 6.35. The molecular weight excluding hydrogens is 687 g/mol. The summed E-state index contributed by atoms with van der Waals surface area (Å²) < 4.78 is 2.44. The largest absolute Gasteiger partial charge is 0.309 e. The molecule has 11 aromatic carbocycles. The van der Waals surface area contributed by atoms with E-state index >= 15 is 0 Å². The second-order valence-electron chi connectivity index (χ2n) is 15.2. The predicted molar refractivity (Wildman–Crippen MR) is 244 cm³/mol. The Balaban J connectivity index is 1.24. The van der Waals surface area contributed by atoms with Gasteiger partial charge in [0.15, 0.2) is 0 Å². The third-order valence-corrected chi connectivity index (χ3v) is 12.1. The van der Waals surface area contributed by atoms with Crippen molar-refractivity contribution in [3.63, 3.8) is 0 Å². The Kier molecular flexibility index (Phi) is 7.00. The summed E-state index contributed by atoms with van der Waals surface area (Å²) >= 11 is 0. The maximum absolute atomic E-state index is 2.45. The zero-order valence-corrected chi connectivity index (χ0v) is 31.2. The number of nitrogens with zero attached hydrogens (tertiary/aromatic N) is 1. The number of fused-ring (bicyclic) bond motifs is 4. The zero-order chi connectivity index (χ0) is 37.5. The molecule has 0 atom stereocenters. The summed E-state index contributed by atoms with van der Waals surface area (Å²) in [7, 11) is 0. The molecule has 264 valence electrons. The lowest BCUT2D eigenvalue weighted by Crippen LogP contribution is -2.00. The maximum Gasteiger partial charge on any atom is 0.0535 e. The first-order valence-corrected chi connectivity index (χ1v) is 19.8. The molecule has 0 amide bonds. The van der Waals surface area contributed by atoms with Crippen LogP contribution in [0.15, 0.2) is 212 Å². The summed E-state index contributed by atoms with van der Waals surface area (Å²) in [6, 6.07) is 78.3. The van der Waals surface area contributed by atoms with Gasteiger partial charge in [-0.15, -0.1) is 0 Å². The highest BCUT2D eigenvalue weighted by atomic mass is 15.0. The first-order valence-electron chi connectivity index (χ1n) is 19.8. The minimum atomic E-state index is 1.13. The van der Waals surface area contributed by atoms with E-state index in [4.69, 9.17) is 0 Å². The van der Waals surface area contributed by atoms with E-state index in [2.05, 4.69) is 217 Å². The standard InChI is InChI=1S/C56H35N/c1-4-15-36(16-5-1)51-33-34-52(37-17-6-2-7-18-37)57(51)40-29-30-49-50(35-40)56(44-24-11-10-23-41(44)54(49)38-19-8-3-9-20-38)48-32-31-47-43-26-13-22-39-21-12-25-42(53(39)43)45-27-14-28-46(48)55(45)47/h1-35H. The van der Waals surface area contributed by atoms with E-state index in [1.807, 2.05) is 0 Å². The van der Waals surface area contributed by atoms with E-state index in [1.54, 1.807) is 0 Å². The fourth-order valence-electron chi connectivity index (χ4n) is 9.76. The summed E-state index contributed by atoms with van der Waals surface area (Å²) in [5.41, 5.74) is 10.8. The van der Waals surface area contributed by atoms with Gasteiger partial charge >= 0.3 is 0 Å². The van der Waals surface area contributed by atoms with Crippen molar-refractivity contribution in [2.24, 2.45) is 0 Å². The molecular formula is C56H35N. The number of benzene rings is 11. The van der Waals surface area contributed by atoms with Crippen molar-refractivity contribution in [3.8, 4) is 50.5 Å². The van der Waals surface area contributed by atoms with Crippen molar-refractivity contribution < 1.29 is 0 Å². The third-order valence-electron chi connectivity index (χ3n) is 12.1. The number of aromatic nitrogens is 1. The molecule has 0 aliphatic heterocycles. The molecule has 0 aliphatic carbocycles. The summed E-state index contributed by atoms with van der Waals surface area (Å²) in [6.45, 7) is 0.